The van der Waals surface area contributed by atoms with Gasteiger partial charge in [-0.25, -0.2) is 0 Å². The van der Waals surface area contributed by atoms with Crippen LogP contribution in [0.15, 0.2) is 0 Å². The predicted octanol–water partition coefficient (Wildman–Crippen LogP) is 11.0. The molecule has 250 valence electrons. The minimum Gasteiger partial charge on any atom is -0.463 e. The van der Waals surface area contributed by atoms with Crippen LogP contribution in [0.2, 0.25) is 0 Å². The van der Waals surface area contributed by atoms with Gasteiger partial charge < -0.3 is 14.6 Å². The second-order valence-corrected chi connectivity index (χ2v) is 13.2. The molecule has 0 aliphatic carbocycles. The fraction of sp³-hybridized carbons (Fsp3) is 0.946. The van der Waals surface area contributed by atoms with Crippen LogP contribution < -0.4 is 0 Å². The second kappa shape index (κ2) is 32.8. The van der Waals surface area contributed by atoms with Crippen molar-refractivity contribution < 1.29 is 24.2 Å². The van der Waals surface area contributed by atoms with Crippen LogP contribution in [0, 0.1) is 5.92 Å². The van der Waals surface area contributed by atoms with Gasteiger partial charge >= 0.3 is 11.9 Å². The van der Waals surface area contributed by atoms with E-state index in [1.54, 1.807) is 0 Å². The molecule has 0 saturated carbocycles. The minimum absolute atomic E-state index is 0.109. The number of hydrogen-bond donors (Lipinski definition) is 1. The average molecular weight is 597 g/mol. The molecule has 0 saturated heterocycles. The van der Waals surface area contributed by atoms with Crippen molar-refractivity contribution in [3.63, 3.8) is 0 Å². The molecule has 0 spiro atoms. The minimum atomic E-state index is -0.953. The highest BCUT2D eigenvalue weighted by Crippen LogP contribution is 2.16. The molecule has 0 radical (unpaired) electrons. The van der Waals surface area contributed by atoms with Crippen molar-refractivity contribution in [3.05, 3.63) is 0 Å². The van der Waals surface area contributed by atoms with Crippen molar-refractivity contribution >= 4 is 11.9 Å². The lowest BCUT2D eigenvalue weighted by molar-refractivity contribution is -0.152. The Bertz CT molecular complexity index is 577. The van der Waals surface area contributed by atoms with E-state index in [1.807, 2.05) is 0 Å². The SMILES string of the molecule is CCCCCCCCCC(=O)OC[C@@H](O)COC(=O)CCCCCCCCCCCCCCCCCCCCC(C)C. The second-order valence-electron chi connectivity index (χ2n) is 13.2. The van der Waals surface area contributed by atoms with Crippen LogP contribution in [0.5, 0.6) is 0 Å². The third-order valence-corrected chi connectivity index (χ3v) is 8.27. The Labute approximate surface area is 261 Å². The maximum absolute atomic E-state index is 11.9. The third-order valence-electron chi connectivity index (χ3n) is 8.27. The van der Waals surface area contributed by atoms with Crippen LogP contribution in [0.25, 0.3) is 0 Å². The summed E-state index contributed by atoms with van der Waals surface area (Å²) in [5.41, 5.74) is 0. The van der Waals surface area contributed by atoms with Crippen LogP contribution in [-0.4, -0.2) is 36.4 Å². The molecule has 0 aromatic heterocycles. The molecule has 0 aromatic carbocycles. The summed E-state index contributed by atoms with van der Waals surface area (Å²) in [6, 6.07) is 0. The molecule has 0 bridgehead atoms. The van der Waals surface area contributed by atoms with E-state index < -0.39 is 6.10 Å². The van der Waals surface area contributed by atoms with Crippen molar-refractivity contribution in [1.82, 2.24) is 0 Å². The summed E-state index contributed by atoms with van der Waals surface area (Å²) < 4.78 is 10.3. The van der Waals surface area contributed by atoms with Crippen molar-refractivity contribution in [1.29, 1.82) is 0 Å². The van der Waals surface area contributed by atoms with Crippen molar-refractivity contribution in [2.24, 2.45) is 5.92 Å². The van der Waals surface area contributed by atoms with E-state index in [-0.39, 0.29) is 25.2 Å². The monoisotopic (exact) mass is 597 g/mol. The molecule has 1 N–H and O–H groups in total. The maximum Gasteiger partial charge on any atom is 0.305 e. The fourth-order valence-electron chi connectivity index (χ4n) is 5.45. The largest absolute Gasteiger partial charge is 0.463 e. The Morgan fingerprint density at radius 2 is 0.762 bits per heavy atom. The molecular weight excluding hydrogens is 524 g/mol. The Balaban J connectivity index is 3.33. The number of aliphatic hydroxyl groups excluding tert-OH is 1. The molecule has 0 aliphatic rings. The summed E-state index contributed by atoms with van der Waals surface area (Å²) in [6.07, 6.45) is 33.2. The maximum atomic E-state index is 11.9. The predicted molar refractivity (Wildman–Crippen MR) is 178 cm³/mol. The topological polar surface area (TPSA) is 72.8 Å². The smallest absolute Gasteiger partial charge is 0.305 e. The fourth-order valence-corrected chi connectivity index (χ4v) is 5.45. The van der Waals surface area contributed by atoms with Crippen LogP contribution in [0.3, 0.4) is 0 Å². The van der Waals surface area contributed by atoms with Gasteiger partial charge in [0, 0.05) is 12.8 Å². The number of carbonyl (C=O) groups excluding carboxylic acids is 2. The molecule has 0 amide bonds. The average Bonchev–Trinajstić information content (AvgIpc) is 2.97. The summed E-state index contributed by atoms with van der Waals surface area (Å²) in [6.45, 7) is 6.63. The number of rotatable bonds is 33. The van der Waals surface area contributed by atoms with Crippen LogP contribution in [0.4, 0.5) is 0 Å². The Morgan fingerprint density at radius 1 is 0.476 bits per heavy atom. The number of esters is 2. The zero-order chi connectivity index (χ0) is 30.9. The van der Waals surface area contributed by atoms with E-state index in [0.717, 1.165) is 38.0 Å². The van der Waals surface area contributed by atoms with E-state index in [9.17, 15) is 14.7 Å². The molecule has 0 aromatic rings. The third kappa shape index (κ3) is 33.4. The molecule has 1 atom stereocenters. The first-order valence-corrected chi connectivity index (χ1v) is 18.4. The van der Waals surface area contributed by atoms with Crippen molar-refractivity contribution in [2.75, 3.05) is 13.2 Å². The number of ether oxygens (including phenoxy) is 2. The highest BCUT2D eigenvalue weighted by Gasteiger charge is 2.12. The van der Waals surface area contributed by atoms with Gasteiger partial charge in [0.15, 0.2) is 0 Å². The lowest BCUT2D eigenvalue weighted by Gasteiger charge is -2.12. The molecule has 42 heavy (non-hydrogen) atoms. The van der Waals surface area contributed by atoms with Gasteiger partial charge in [-0.3, -0.25) is 9.59 Å². The van der Waals surface area contributed by atoms with Crippen LogP contribution in [-0.2, 0) is 19.1 Å². The van der Waals surface area contributed by atoms with E-state index in [4.69, 9.17) is 9.47 Å². The number of carbonyl (C=O) groups is 2. The van der Waals surface area contributed by atoms with E-state index in [0.29, 0.717) is 12.8 Å². The summed E-state index contributed by atoms with van der Waals surface area (Å²) in [5, 5.41) is 9.93. The van der Waals surface area contributed by atoms with E-state index >= 15 is 0 Å². The summed E-state index contributed by atoms with van der Waals surface area (Å²) >= 11 is 0. The van der Waals surface area contributed by atoms with Gasteiger partial charge in [0.1, 0.15) is 19.3 Å². The molecule has 0 rings (SSSR count). The molecule has 0 heterocycles. The van der Waals surface area contributed by atoms with Gasteiger partial charge in [0.2, 0.25) is 0 Å². The molecule has 5 heteroatoms. The number of unbranched alkanes of at least 4 members (excludes halogenated alkanes) is 23. The standard InChI is InChI=1S/C37H72O5/c1-4-5-6-7-20-24-27-30-36(39)41-32-35(38)33-42-37(40)31-28-25-22-19-17-15-13-11-9-8-10-12-14-16-18-21-23-26-29-34(2)3/h34-35,38H,4-33H2,1-3H3/t35-/m1/s1. The Morgan fingerprint density at radius 3 is 1.07 bits per heavy atom. The van der Waals surface area contributed by atoms with Gasteiger partial charge in [0.25, 0.3) is 0 Å². The van der Waals surface area contributed by atoms with Gasteiger partial charge in [-0.05, 0) is 18.8 Å². The molecular formula is C37H72O5. The van der Waals surface area contributed by atoms with Gasteiger partial charge in [-0.1, -0.05) is 175 Å². The number of hydrogen-bond acceptors (Lipinski definition) is 5. The molecule has 0 unspecified atom stereocenters. The van der Waals surface area contributed by atoms with Crippen molar-refractivity contribution in [3.8, 4) is 0 Å². The lowest BCUT2D eigenvalue weighted by atomic mass is 10.0. The summed E-state index contributed by atoms with van der Waals surface area (Å²) in [4.78, 5) is 23.7. The molecule has 0 fully saturated rings. The van der Waals surface area contributed by atoms with Crippen molar-refractivity contribution in [2.45, 2.75) is 207 Å². The molecule has 5 nitrogen and oxygen atoms in total. The quantitative estimate of drug-likeness (QED) is 0.0602. The lowest BCUT2D eigenvalue weighted by Crippen LogP contribution is -2.25. The summed E-state index contributed by atoms with van der Waals surface area (Å²) in [7, 11) is 0. The number of aliphatic hydroxyl groups is 1. The van der Waals surface area contributed by atoms with Gasteiger partial charge in [-0.15, -0.1) is 0 Å². The van der Waals surface area contributed by atoms with E-state index in [1.165, 1.54) is 135 Å². The first-order chi connectivity index (χ1) is 20.5. The van der Waals surface area contributed by atoms with Crippen LogP contribution in [0.1, 0.15) is 201 Å². The van der Waals surface area contributed by atoms with Crippen LogP contribution >= 0.6 is 0 Å². The van der Waals surface area contributed by atoms with Gasteiger partial charge in [-0.2, -0.15) is 0 Å². The normalized spacial score (nSPS) is 12.1. The highest BCUT2D eigenvalue weighted by molar-refractivity contribution is 5.69. The zero-order valence-electron chi connectivity index (χ0n) is 28.4. The zero-order valence-corrected chi connectivity index (χ0v) is 28.4. The first kappa shape index (κ1) is 40.9. The first-order valence-electron chi connectivity index (χ1n) is 18.4. The molecule has 0 aliphatic heterocycles. The summed E-state index contributed by atoms with van der Waals surface area (Å²) in [5.74, 6) is 0.304. The van der Waals surface area contributed by atoms with E-state index in [2.05, 4.69) is 20.8 Å². The van der Waals surface area contributed by atoms with Gasteiger partial charge in [0.05, 0.1) is 0 Å². The Kier molecular flexibility index (Phi) is 31.9. The highest BCUT2D eigenvalue weighted by atomic mass is 16.6. The Hall–Kier alpha value is -1.10.